The number of amides is 1. The number of thiocarbonyl (C=S) groups is 1. The molecule has 1 aromatic carbocycles. The van der Waals surface area contributed by atoms with Gasteiger partial charge in [-0.2, -0.15) is 0 Å². The summed E-state index contributed by atoms with van der Waals surface area (Å²) < 4.78 is 0. The number of rotatable bonds is 4. The Bertz CT molecular complexity index is 526. The maximum atomic E-state index is 12.5. The van der Waals surface area contributed by atoms with E-state index in [1.807, 2.05) is 23.1 Å². The predicted octanol–water partition coefficient (Wildman–Crippen LogP) is 1.22. The summed E-state index contributed by atoms with van der Waals surface area (Å²) in [4.78, 5) is 17.3. The first kappa shape index (κ1) is 14.5. The molecule has 2 N–H and O–H groups in total. The third-order valence-electron chi connectivity index (χ3n) is 4.40. The number of nitrogens with two attached hydrogens (primary N) is 1. The summed E-state index contributed by atoms with van der Waals surface area (Å²) in [7, 11) is 0. The first-order valence-corrected chi connectivity index (χ1v) is 7.90. The Morgan fingerprint density at radius 2 is 1.86 bits per heavy atom. The van der Waals surface area contributed by atoms with Crippen molar-refractivity contribution in [3.8, 4) is 0 Å². The Morgan fingerprint density at radius 1 is 1.19 bits per heavy atom. The molecule has 5 heteroatoms. The number of hydrogen-bond donors (Lipinski definition) is 1. The second-order valence-corrected chi connectivity index (χ2v) is 6.45. The zero-order valence-electron chi connectivity index (χ0n) is 12.1. The fourth-order valence-corrected chi connectivity index (χ4v) is 3.30. The van der Waals surface area contributed by atoms with Gasteiger partial charge in [-0.15, -0.1) is 0 Å². The van der Waals surface area contributed by atoms with Crippen LogP contribution in [0.25, 0.3) is 0 Å². The molecule has 2 fully saturated rings. The molecule has 3 rings (SSSR count). The molecule has 1 amide bonds. The van der Waals surface area contributed by atoms with Gasteiger partial charge in [-0.25, -0.2) is 0 Å². The summed E-state index contributed by atoms with van der Waals surface area (Å²) in [5.74, 6) is 0.932. The molecular weight excluding hydrogens is 282 g/mol. The van der Waals surface area contributed by atoms with Crippen LogP contribution in [-0.2, 0) is 4.79 Å². The first-order chi connectivity index (χ1) is 10.1. The number of carbonyl (C=O) groups is 1. The maximum absolute atomic E-state index is 12.5. The Hall–Kier alpha value is -1.46. The van der Waals surface area contributed by atoms with E-state index >= 15 is 0 Å². The second kappa shape index (κ2) is 6.12. The topological polar surface area (TPSA) is 49.6 Å². The quantitative estimate of drug-likeness (QED) is 0.850. The van der Waals surface area contributed by atoms with E-state index in [0.29, 0.717) is 23.4 Å². The van der Waals surface area contributed by atoms with Gasteiger partial charge in [-0.3, -0.25) is 9.69 Å². The normalized spacial score (nSPS) is 25.6. The van der Waals surface area contributed by atoms with E-state index in [1.54, 1.807) is 0 Å². The van der Waals surface area contributed by atoms with Crippen molar-refractivity contribution in [2.45, 2.75) is 12.3 Å². The van der Waals surface area contributed by atoms with E-state index in [4.69, 9.17) is 18.0 Å². The zero-order chi connectivity index (χ0) is 14.8. The highest BCUT2D eigenvalue weighted by molar-refractivity contribution is 7.80. The highest BCUT2D eigenvalue weighted by atomic mass is 32.1. The Kier molecular flexibility index (Phi) is 4.22. The van der Waals surface area contributed by atoms with Crippen molar-refractivity contribution in [1.29, 1.82) is 0 Å². The minimum absolute atomic E-state index is 0.189. The van der Waals surface area contributed by atoms with Crippen molar-refractivity contribution < 1.29 is 4.79 Å². The molecular formula is C16H21N3OS. The highest BCUT2D eigenvalue weighted by Gasteiger charge is 2.45. The summed E-state index contributed by atoms with van der Waals surface area (Å²) in [6, 6.07) is 10.4. The van der Waals surface area contributed by atoms with E-state index in [2.05, 4.69) is 17.0 Å². The summed E-state index contributed by atoms with van der Waals surface area (Å²) >= 11 is 4.93. The first-order valence-electron chi connectivity index (χ1n) is 7.49. The highest BCUT2D eigenvalue weighted by Crippen LogP contribution is 2.48. The van der Waals surface area contributed by atoms with Gasteiger partial charge in [-0.05, 0) is 17.9 Å². The fraction of sp³-hybridized carbons (Fsp3) is 0.500. The van der Waals surface area contributed by atoms with Crippen LogP contribution < -0.4 is 5.73 Å². The van der Waals surface area contributed by atoms with Crippen molar-refractivity contribution in [1.82, 2.24) is 9.80 Å². The average Bonchev–Trinajstić information content (AvgIpc) is 3.28. The molecule has 21 heavy (non-hydrogen) atoms. The molecule has 1 aliphatic heterocycles. The summed E-state index contributed by atoms with van der Waals surface area (Å²) in [6.07, 6.45) is 0.996. The number of hydrogen-bond acceptors (Lipinski definition) is 3. The molecule has 1 saturated carbocycles. The second-order valence-electron chi connectivity index (χ2n) is 5.93. The molecule has 1 aromatic rings. The minimum Gasteiger partial charge on any atom is -0.392 e. The number of nitrogens with zero attached hydrogens (tertiary/aromatic N) is 2. The van der Waals surface area contributed by atoms with Gasteiger partial charge >= 0.3 is 0 Å². The van der Waals surface area contributed by atoms with Gasteiger partial charge < -0.3 is 10.6 Å². The van der Waals surface area contributed by atoms with E-state index < -0.39 is 0 Å². The molecule has 2 aliphatic rings. The molecule has 2 unspecified atom stereocenters. The van der Waals surface area contributed by atoms with Crippen LogP contribution in [0.2, 0.25) is 0 Å². The molecule has 1 saturated heterocycles. The van der Waals surface area contributed by atoms with Gasteiger partial charge in [0.05, 0.1) is 4.99 Å². The molecule has 2 atom stereocenters. The van der Waals surface area contributed by atoms with E-state index in [9.17, 15) is 4.79 Å². The molecule has 0 aromatic heterocycles. The number of piperazine rings is 1. The van der Waals surface area contributed by atoms with Gasteiger partial charge in [0.1, 0.15) is 0 Å². The number of benzene rings is 1. The van der Waals surface area contributed by atoms with E-state index in [-0.39, 0.29) is 5.92 Å². The lowest BCUT2D eigenvalue weighted by atomic mass is 10.1. The third-order valence-corrected chi connectivity index (χ3v) is 4.53. The van der Waals surface area contributed by atoms with E-state index in [1.165, 1.54) is 5.56 Å². The van der Waals surface area contributed by atoms with Gasteiger partial charge in [0.15, 0.2) is 0 Å². The van der Waals surface area contributed by atoms with Gasteiger partial charge in [0.25, 0.3) is 0 Å². The fourth-order valence-electron chi connectivity index (χ4n) is 3.12. The van der Waals surface area contributed by atoms with Crippen molar-refractivity contribution in [2.24, 2.45) is 11.7 Å². The average molecular weight is 303 g/mol. The Balaban J connectivity index is 1.51. The van der Waals surface area contributed by atoms with Crippen LogP contribution in [0.15, 0.2) is 30.3 Å². The monoisotopic (exact) mass is 303 g/mol. The summed E-state index contributed by atoms with van der Waals surface area (Å²) in [5, 5.41) is 0. The SMILES string of the molecule is NC(=S)CN1CCN(C(=O)C2CC2c2ccccc2)CC1. The molecule has 0 radical (unpaired) electrons. The standard InChI is InChI=1S/C16H21N3OS/c17-15(21)11-18-6-8-19(9-7-18)16(20)14-10-13(14)12-4-2-1-3-5-12/h1-5,13-14H,6-11H2,(H2,17,21). The number of carbonyl (C=O) groups excluding carboxylic acids is 1. The van der Waals surface area contributed by atoms with Gasteiger partial charge in [0, 0.05) is 38.6 Å². The Labute approximate surface area is 130 Å². The zero-order valence-corrected chi connectivity index (χ0v) is 12.9. The smallest absolute Gasteiger partial charge is 0.226 e. The summed E-state index contributed by atoms with van der Waals surface area (Å²) in [6.45, 7) is 3.98. The summed E-state index contributed by atoms with van der Waals surface area (Å²) in [5.41, 5.74) is 6.86. The lowest BCUT2D eigenvalue weighted by Gasteiger charge is -2.34. The van der Waals surface area contributed by atoms with Crippen LogP contribution in [0.5, 0.6) is 0 Å². The van der Waals surface area contributed by atoms with Crippen LogP contribution in [-0.4, -0.2) is 53.4 Å². The largest absolute Gasteiger partial charge is 0.392 e. The lowest BCUT2D eigenvalue weighted by molar-refractivity contribution is -0.134. The van der Waals surface area contributed by atoms with Crippen LogP contribution in [0.3, 0.4) is 0 Å². The minimum atomic E-state index is 0.189. The Morgan fingerprint density at radius 3 is 2.48 bits per heavy atom. The third kappa shape index (κ3) is 3.41. The van der Waals surface area contributed by atoms with Crippen molar-refractivity contribution >= 4 is 23.1 Å². The molecule has 0 spiro atoms. The molecule has 1 aliphatic carbocycles. The molecule has 0 bridgehead atoms. The van der Waals surface area contributed by atoms with Crippen molar-refractivity contribution in [2.75, 3.05) is 32.7 Å². The molecule has 4 nitrogen and oxygen atoms in total. The maximum Gasteiger partial charge on any atom is 0.226 e. The van der Waals surface area contributed by atoms with Crippen LogP contribution >= 0.6 is 12.2 Å². The van der Waals surface area contributed by atoms with Gasteiger partial charge in [0.2, 0.25) is 5.91 Å². The molecule has 112 valence electrons. The van der Waals surface area contributed by atoms with E-state index in [0.717, 1.165) is 32.6 Å². The van der Waals surface area contributed by atoms with Crippen molar-refractivity contribution in [3.63, 3.8) is 0 Å². The van der Waals surface area contributed by atoms with Crippen LogP contribution in [0.4, 0.5) is 0 Å². The van der Waals surface area contributed by atoms with Gasteiger partial charge in [-0.1, -0.05) is 42.5 Å². The van der Waals surface area contributed by atoms with Crippen molar-refractivity contribution in [3.05, 3.63) is 35.9 Å². The van der Waals surface area contributed by atoms with Crippen LogP contribution in [0.1, 0.15) is 17.9 Å². The predicted molar refractivity (Wildman–Crippen MR) is 87.1 cm³/mol. The van der Waals surface area contributed by atoms with Crippen LogP contribution in [0, 0.1) is 5.92 Å². The molecule has 1 heterocycles. The lowest BCUT2D eigenvalue weighted by Crippen LogP contribution is -2.50.